The SMILES string of the molecule is CCC[C@H](C)NC(=O)Nc1ccc(Sc2nc(C)cs2)cc1. The summed E-state index contributed by atoms with van der Waals surface area (Å²) in [5, 5.41) is 7.82. The molecule has 118 valence electrons. The Hall–Kier alpha value is -1.53. The van der Waals surface area contributed by atoms with Crippen molar-refractivity contribution in [3.8, 4) is 0 Å². The molecule has 0 aliphatic carbocycles. The first-order chi connectivity index (χ1) is 10.6. The Morgan fingerprint density at radius 1 is 1.36 bits per heavy atom. The van der Waals surface area contributed by atoms with Crippen LogP contribution >= 0.6 is 23.1 Å². The van der Waals surface area contributed by atoms with Gasteiger partial charge in [0.1, 0.15) is 0 Å². The first kappa shape index (κ1) is 16.8. The van der Waals surface area contributed by atoms with Crippen molar-refractivity contribution >= 4 is 34.8 Å². The molecule has 1 heterocycles. The first-order valence-electron chi connectivity index (χ1n) is 7.34. The number of aryl methyl sites for hydroxylation is 1. The van der Waals surface area contributed by atoms with Crippen LogP contribution in [0.4, 0.5) is 10.5 Å². The Morgan fingerprint density at radius 3 is 2.68 bits per heavy atom. The number of amides is 2. The van der Waals surface area contributed by atoms with Crippen molar-refractivity contribution in [3.63, 3.8) is 0 Å². The summed E-state index contributed by atoms with van der Waals surface area (Å²) in [5.41, 5.74) is 1.84. The summed E-state index contributed by atoms with van der Waals surface area (Å²) in [6, 6.07) is 7.84. The lowest BCUT2D eigenvalue weighted by atomic mass is 10.2. The van der Waals surface area contributed by atoms with Crippen molar-refractivity contribution in [1.29, 1.82) is 0 Å². The quantitative estimate of drug-likeness (QED) is 0.788. The van der Waals surface area contributed by atoms with E-state index < -0.39 is 0 Å². The summed E-state index contributed by atoms with van der Waals surface area (Å²) >= 11 is 3.28. The van der Waals surface area contributed by atoms with Crippen LogP contribution in [-0.2, 0) is 0 Å². The summed E-state index contributed by atoms with van der Waals surface area (Å²) < 4.78 is 1.03. The number of benzene rings is 1. The van der Waals surface area contributed by atoms with Crippen LogP contribution < -0.4 is 10.6 Å². The number of nitrogens with one attached hydrogen (secondary N) is 2. The number of carbonyl (C=O) groups excluding carboxylic acids is 1. The van der Waals surface area contributed by atoms with Crippen molar-refractivity contribution < 1.29 is 4.79 Å². The molecule has 1 aromatic heterocycles. The second kappa shape index (κ2) is 8.19. The highest BCUT2D eigenvalue weighted by molar-refractivity contribution is 8.01. The lowest BCUT2D eigenvalue weighted by Crippen LogP contribution is -2.35. The molecule has 0 aliphatic heterocycles. The van der Waals surface area contributed by atoms with Crippen LogP contribution in [0.3, 0.4) is 0 Å². The normalized spacial score (nSPS) is 12.0. The molecular weight excluding hydrogens is 314 g/mol. The molecule has 2 N–H and O–H groups in total. The summed E-state index contributed by atoms with van der Waals surface area (Å²) in [6.07, 6.45) is 2.04. The monoisotopic (exact) mass is 335 g/mol. The van der Waals surface area contributed by atoms with Gasteiger partial charge in [0.25, 0.3) is 0 Å². The zero-order valence-corrected chi connectivity index (χ0v) is 14.7. The molecule has 0 spiro atoms. The topological polar surface area (TPSA) is 54.0 Å². The van der Waals surface area contributed by atoms with Crippen LogP contribution in [0.25, 0.3) is 0 Å². The Morgan fingerprint density at radius 2 is 2.09 bits per heavy atom. The van der Waals surface area contributed by atoms with Crippen LogP contribution in [-0.4, -0.2) is 17.1 Å². The smallest absolute Gasteiger partial charge is 0.319 e. The van der Waals surface area contributed by atoms with Gasteiger partial charge in [-0.2, -0.15) is 0 Å². The Kier molecular flexibility index (Phi) is 6.27. The van der Waals surface area contributed by atoms with Gasteiger partial charge in [-0.15, -0.1) is 11.3 Å². The van der Waals surface area contributed by atoms with E-state index in [9.17, 15) is 4.79 Å². The highest BCUT2D eigenvalue weighted by Crippen LogP contribution is 2.30. The van der Waals surface area contributed by atoms with Gasteiger partial charge in [0, 0.05) is 27.7 Å². The number of urea groups is 1. The van der Waals surface area contributed by atoms with Gasteiger partial charge in [-0.1, -0.05) is 25.1 Å². The summed E-state index contributed by atoms with van der Waals surface area (Å²) in [5.74, 6) is 0. The van der Waals surface area contributed by atoms with Crippen LogP contribution in [0, 0.1) is 6.92 Å². The minimum atomic E-state index is -0.156. The number of aromatic nitrogens is 1. The van der Waals surface area contributed by atoms with E-state index in [1.165, 1.54) is 0 Å². The average Bonchev–Trinajstić information content (AvgIpc) is 2.86. The molecule has 0 unspecified atom stereocenters. The number of hydrogen-bond donors (Lipinski definition) is 2. The lowest BCUT2D eigenvalue weighted by Gasteiger charge is -2.13. The molecule has 2 amide bonds. The van der Waals surface area contributed by atoms with Gasteiger partial charge in [-0.3, -0.25) is 0 Å². The zero-order chi connectivity index (χ0) is 15.9. The molecule has 1 aromatic carbocycles. The third kappa shape index (κ3) is 5.35. The number of anilines is 1. The van der Waals surface area contributed by atoms with Gasteiger partial charge in [-0.05, 0) is 44.5 Å². The lowest BCUT2D eigenvalue weighted by molar-refractivity contribution is 0.248. The predicted molar refractivity (Wildman–Crippen MR) is 93.9 cm³/mol. The third-order valence-electron chi connectivity index (χ3n) is 3.01. The molecule has 2 aromatic rings. The van der Waals surface area contributed by atoms with Gasteiger partial charge in [0.05, 0.1) is 0 Å². The molecule has 1 atom stereocenters. The molecule has 4 nitrogen and oxygen atoms in total. The van der Waals surface area contributed by atoms with E-state index in [-0.39, 0.29) is 12.1 Å². The molecule has 0 saturated carbocycles. The van der Waals surface area contributed by atoms with Gasteiger partial charge in [0.2, 0.25) is 0 Å². The van der Waals surface area contributed by atoms with Gasteiger partial charge in [0.15, 0.2) is 4.34 Å². The first-order valence-corrected chi connectivity index (χ1v) is 9.04. The maximum Gasteiger partial charge on any atom is 0.319 e. The minimum Gasteiger partial charge on any atom is -0.335 e. The zero-order valence-electron chi connectivity index (χ0n) is 13.1. The van der Waals surface area contributed by atoms with E-state index in [1.54, 1.807) is 23.1 Å². The van der Waals surface area contributed by atoms with E-state index in [0.717, 1.165) is 33.5 Å². The average molecular weight is 335 g/mol. The highest BCUT2D eigenvalue weighted by atomic mass is 32.2. The number of nitrogens with zero attached hydrogens (tertiary/aromatic N) is 1. The number of thiazole rings is 1. The van der Waals surface area contributed by atoms with Crippen molar-refractivity contribution in [3.05, 3.63) is 35.3 Å². The number of hydrogen-bond acceptors (Lipinski definition) is 4. The Bertz CT molecular complexity index is 610. The fraction of sp³-hybridized carbons (Fsp3) is 0.375. The molecule has 0 saturated heterocycles. The second-order valence-corrected chi connectivity index (χ2v) is 7.35. The van der Waals surface area contributed by atoms with Crippen molar-refractivity contribution in [2.24, 2.45) is 0 Å². The van der Waals surface area contributed by atoms with Crippen molar-refractivity contribution in [2.45, 2.75) is 48.9 Å². The Balaban J connectivity index is 1.87. The summed E-state index contributed by atoms with van der Waals surface area (Å²) in [4.78, 5) is 17.4. The predicted octanol–water partition coefficient (Wildman–Crippen LogP) is 4.91. The molecule has 0 fully saturated rings. The third-order valence-corrected chi connectivity index (χ3v) is 5.08. The summed E-state index contributed by atoms with van der Waals surface area (Å²) in [6.45, 7) is 6.11. The van der Waals surface area contributed by atoms with Crippen LogP contribution in [0.2, 0.25) is 0 Å². The minimum absolute atomic E-state index is 0.156. The van der Waals surface area contributed by atoms with Gasteiger partial charge in [-0.25, -0.2) is 9.78 Å². The number of carbonyl (C=O) groups is 1. The van der Waals surface area contributed by atoms with Crippen molar-refractivity contribution in [2.75, 3.05) is 5.32 Å². The molecule has 0 radical (unpaired) electrons. The molecule has 2 rings (SSSR count). The van der Waals surface area contributed by atoms with E-state index in [0.29, 0.717) is 0 Å². The fourth-order valence-corrected chi connectivity index (χ4v) is 3.79. The van der Waals surface area contributed by atoms with Gasteiger partial charge < -0.3 is 10.6 Å². The number of rotatable bonds is 6. The maximum atomic E-state index is 11.8. The maximum absolute atomic E-state index is 11.8. The van der Waals surface area contributed by atoms with Gasteiger partial charge >= 0.3 is 6.03 Å². The van der Waals surface area contributed by atoms with E-state index in [2.05, 4.69) is 22.5 Å². The van der Waals surface area contributed by atoms with Crippen molar-refractivity contribution in [1.82, 2.24) is 10.3 Å². The summed E-state index contributed by atoms with van der Waals surface area (Å²) in [7, 11) is 0. The van der Waals surface area contributed by atoms with E-state index in [4.69, 9.17) is 0 Å². The molecule has 0 aliphatic rings. The van der Waals surface area contributed by atoms with E-state index in [1.807, 2.05) is 43.5 Å². The second-order valence-electron chi connectivity index (χ2n) is 5.17. The van der Waals surface area contributed by atoms with Crippen LogP contribution in [0.5, 0.6) is 0 Å². The molecule has 0 bridgehead atoms. The molecule has 22 heavy (non-hydrogen) atoms. The van der Waals surface area contributed by atoms with Crippen LogP contribution in [0.1, 0.15) is 32.4 Å². The largest absolute Gasteiger partial charge is 0.335 e. The Labute approximate surface area is 139 Å². The molecule has 6 heteroatoms. The fourth-order valence-electron chi connectivity index (χ4n) is 1.98. The van der Waals surface area contributed by atoms with E-state index >= 15 is 0 Å². The molecular formula is C16H21N3OS2. The van der Waals surface area contributed by atoms with Crippen LogP contribution in [0.15, 0.2) is 38.9 Å². The highest BCUT2D eigenvalue weighted by Gasteiger charge is 2.07. The standard InChI is InChI=1S/C16H21N3OS2/c1-4-5-11(2)17-15(20)19-13-6-8-14(9-7-13)22-16-18-12(3)10-21-16/h6-11H,4-5H2,1-3H3,(H2,17,19,20)/t11-/m0/s1.